The lowest BCUT2D eigenvalue weighted by molar-refractivity contribution is -0.0359. The third kappa shape index (κ3) is 2.66. The van der Waals surface area contributed by atoms with Crippen LogP contribution in [0.5, 0.6) is 5.75 Å². The number of benzene rings is 1. The van der Waals surface area contributed by atoms with Crippen LogP contribution in [0.15, 0.2) is 41.7 Å². The molecule has 1 saturated carbocycles. The van der Waals surface area contributed by atoms with Crippen LogP contribution in [0.25, 0.3) is 11.1 Å². The summed E-state index contributed by atoms with van der Waals surface area (Å²) in [4.78, 5) is 8.91. The first-order valence-electron chi connectivity index (χ1n) is 9.13. The maximum absolute atomic E-state index is 10.3. The number of hydrogen-bond donors (Lipinski definition) is 2. The number of hydrogen-bond acceptors (Lipinski definition) is 6. The van der Waals surface area contributed by atoms with Gasteiger partial charge >= 0.3 is 0 Å². The van der Waals surface area contributed by atoms with E-state index in [9.17, 15) is 5.11 Å². The topological polar surface area (TPSA) is 90.0 Å². The fourth-order valence-electron chi connectivity index (χ4n) is 4.62. The fourth-order valence-corrected chi connectivity index (χ4v) is 4.79. The van der Waals surface area contributed by atoms with Gasteiger partial charge in [0.05, 0.1) is 11.1 Å². The fraction of sp³-hybridized carbons (Fsp3) is 0.400. The molecule has 1 aliphatic carbocycles. The highest BCUT2D eigenvalue weighted by Gasteiger charge is 2.55. The molecule has 1 spiro atoms. The van der Waals surface area contributed by atoms with Crippen LogP contribution in [0.4, 0.5) is 0 Å². The summed E-state index contributed by atoms with van der Waals surface area (Å²) >= 11 is 6.11. The number of aliphatic hydroxyl groups excluding tert-OH is 1. The Morgan fingerprint density at radius 2 is 2.07 bits per heavy atom. The molecule has 6 nitrogen and oxygen atoms in total. The zero-order valence-electron chi connectivity index (χ0n) is 14.6. The first kappa shape index (κ1) is 16.8. The predicted octanol–water partition coefficient (Wildman–Crippen LogP) is 2.86. The smallest absolute Gasteiger partial charge is 0.283 e. The van der Waals surface area contributed by atoms with Gasteiger partial charge in [0.15, 0.2) is 0 Å². The largest absolute Gasteiger partial charge is 0.490 e. The van der Waals surface area contributed by atoms with Gasteiger partial charge in [-0.1, -0.05) is 17.7 Å². The molecule has 1 aromatic carbocycles. The van der Waals surface area contributed by atoms with Gasteiger partial charge in [0.2, 0.25) is 0 Å². The van der Waals surface area contributed by atoms with Crippen molar-refractivity contribution in [3.63, 3.8) is 0 Å². The van der Waals surface area contributed by atoms with Crippen molar-refractivity contribution in [2.75, 3.05) is 6.61 Å². The molecule has 3 aliphatic rings. The molecule has 3 N–H and O–H groups in total. The van der Waals surface area contributed by atoms with Gasteiger partial charge in [-0.05, 0) is 43.0 Å². The maximum Gasteiger partial charge on any atom is 0.283 e. The number of halogens is 1. The molecular weight excluding hydrogens is 366 g/mol. The molecule has 0 amide bonds. The maximum atomic E-state index is 10.3. The van der Waals surface area contributed by atoms with E-state index in [0.29, 0.717) is 18.1 Å². The number of nitrogens with two attached hydrogens (primary N) is 1. The molecule has 0 radical (unpaired) electrons. The molecule has 0 bridgehead atoms. The molecule has 4 unspecified atom stereocenters. The van der Waals surface area contributed by atoms with Crippen molar-refractivity contribution in [2.45, 2.75) is 37.0 Å². The third-order valence-electron chi connectivity index (χ3n) is 5.88. The highest BCUT2D eigenvalue weighted by molar-refractivity contribution is 6.30. The number of pyridine rings is 1. The first-order chi connectivity index (χ1) is 13.0. The van der Waals surface area contributed by atoms with Crippen LogP contribution in [0.3, 0.4) is 0 Å². The van der Waals surface area contributed by atoms with Crippen LogP contribution in [0.1, 0.15) is 24.8 Å². The highest BCUT2D eigenvalue weighted by atomic mass is 35.5. The minimum Gasteiger partial charge on any atom is -0.490 e. The Hall–Kier alpha value is -2.31. The van der Waals surface area contributed by atoms with Crippen molar-refractivity contribution in [1.82, 2.24) is 4.98 Å². The number of fused-ring (bicyclic) bond motifs is 4. The van der Waals surface area contributed by atoms with Gasteiger partial charge in [0.1, 0.15) is 24.0 Å². The average Bonchev–Trinajstić information content (AvgIpc) is 3.05. The van der Waals surface area contributed by atoms with E-state index < -0.39 is 5.54 Å². The Morgan fingerprint density at radius 1 is 1.19 bits per heavy atom. The standard InChI is InChI=1S/C20H20ClN3O3/c21-13-5-12(8-23-9-13)11-1-3-17-15(6-11)20(10-26-19(22)24-20)16-7-14(25)2-4-18(16)27-17/h1,3,5-6,8-9,14,16,18,25H,2,4,7,10H2,(H2,22,24). The van der Waals surface area contributed by atoms with Crippen molar-refractivity contribution >= 4 is 17.6 Å². The summed E-state index contributed by atoms with van der Waals surface area (Å²) in [6.45, 7) is 0.361. The lowest BCUT2D eigenvalue weighted by Crippen LogP contribution is -2.51. The van der Waals surface area contributed by atoms with Crippen LogP contribution in [0.2, 0.25) is 5.02 Å². The van der Waals surface area contributed by atoms with Crippen molar-refractivity contribution in [1.29, 1.82) is 0 Å². The zero-order valence-corrected chi connectivity index (χ0v) is 15.4. The minimum absolute atomic E-state index is 0.00200. The predicted molar refractivity (Wildman–Crippen MR) is 102 cm³/mol. The molecule has 2 aliphatic heterocycles. The normalized spacial score (nSPS) is 31.5. The van der Waals surface area contributed by atoms with Gasteiger partial charge in [-0.15, -0.1) is 0 Å². The summed E-state index contributed by atoms with van der Waals surface area (Å²) in [5.41, 5.74) is 8.12. The summed E-state index contributed by atoms with van der Waals surface area (Å²) in [7, 11) is 0. The lowest BCUT2D eigenvalue weighted by Gasteiger charge is -2.47. The zero-order chi connectivity index (χ0) is 18.6. The van der Waals surface area contributed by atoms with E-state index >= 15 is 0 Å². The summed E-state index contributed by atoms with van der Waals surface area (Å²) in [5.74, 6) is 0.816. The van der Waals surface area contributed by atoms with Crippen molar-refractivity contribution in [2.24, 2.45) is 16.6 Å². The number of aliphatic hydroxyl groups is 1. The molecule has 1 fully saturated rings. The molecule has 2 aromatic rings. The van der Waals surface area contributed by atoms with Gasteiger partial charge < -0.3 is 20.3 Å². The Balaban J connectivity index is 1.66. The Bertz CT molecular complexity index is 934. The molecule has 7 heteroatoms. The van der Waals surface area contributed by atoms with Gasteiger partial charge in [-0.2, -0.15) is 0 Å². The first-order valence-corrected chi connectivity index (χ1v) is 9.51. The number of amidine groups is 1. The van der Waals surface area contributed by atoms with Crippen LogP contribution in [-0.4, -0.2) is 34.9 Å². The molecule has 1 aromatic heterocycles. The van der Waals surface area contributed by atoms with E-state index in [1.165, 1.54) is 0 Å². The second-order valence-electron chi connectivity index (χ2n) is 7.50. The molecular formula is C20H20ClN3O3. The lowest BCUT2D eigenvalue weighted by atomic mass is 9.67. The highest BCUT2D eigenvalue weighted by Crippen LogP contribution is 2.53. The molecule has 140 valence electrons. The summed E-state index contributed by atoms with van der Waals surface area (Å²) < 4.78 is 11.9. The SMILES string of the molecule is NC1=NC2(CO1)c1cc(-c3cncc(Cl)c3)ccc1OC1CCC(O)CC12. The Labute approximate surface area is 162 Å². The van der Waals surface area contributed by atoms with Crippen molar-refractivity contribution in [3.05, 3.63) is 47.2 Å². The van der Waals surface area contributed by atoms with Crippen LogP contribution in [0, 0.1) is 5.92 Å². The van der Waals surface area contributed by atoms with E-state index in [2.05, 4.69) is 11.1 Å². The number of nitrogens with zero attached hydrogens (tertiary/aromatic N) is 2. The van der Waals surface area contributed by atoms with Gasteiger partial charge in [0.25, 0.3) is 6.02 Å². The van der Waals surface area contributed by atoms with E-state index in [1.807, 2.05) is 18.2 Å². The second kappa shape index (κ2) is 6.11. The van der Waals surface area contributed by atoms with E-state index in [1.54, 1.807) is 12.4 Å². The Kier molecular flexibility index (Phi) is 3.81. The van der Waals surface area contributed by atoms with Crippen molar-refractivity contribution < 1.29 is 14.6 Å². The molecule has 4 atom stereocenters. The van der Waals surface area contributed by atoms with E-state index in [0.717, 1.165) is 35.3 Å². The quantitative estimate of drug-likeness (QED) is 0.787. The summed E-state index contributed by atoms with van der Waals surface area (Å²) in [6.07, 6.45) is 5.18. The Morgan fingerprint density at radius 3 is 2.85 bits per heavy atom. The molecule has 3 heterocycles. The van der Waals surface area contributed by atoms with Gasteiger partial charge in [0, 0.05) is 29.4 Å². The number of rotatable bonds is 1. The number of aliphatic imine (C=N–C) groups is 1. The summed E-state index contributed by atoms with van der Waals surface area (Å²) in [6, 6.07) is 8.10. The van der Waals surface area contributed by atoms with Crippen molar-refractivity contribution in [3.8, 4) is 16.9 Å². The van der Waals surface area contributed by atoms with E-state index in [4.69, 9.17) is 31.8 Å². The van der Waals surface area contributed by atoms with Crippen LogP contribution >= 0.6 is 11.6 Å². The summed E-state index contributed by atoms with van der Waals surface area (Å²) in [5, 5.41) is 10.9. The molecule has 0 saturated heterocycles. The van der Waals surface area contributed by atoms with E-state index in [-0.39, 0.29) is 24.1 Å². The monoisotopic (exact) mass is 385 g/mol. The second-order valence-corrected chi connectivity index (χ2v) is 7.93. The van der Waals surface area contributed by atoms with Gasteiger partial charge in [-0.3, -0.25) is 4.98 Å². The average molecular weight is 386 g/mol. The third-order valence-corrected chi connectivity index (χ3v) is 6.09. The number of ether oxygens (including phenoxy) is 2. The van der Waals surface area contributed by atoms with Gasteiger partial charge in [-0.25, -0.2) is 4.99 Å². The van der Waals surface area contributed by atoms with Crippen LogP contribution in [-0.2, 0) is 10.3 Å². The molecule has 5 rings (SSSR count). The minimum atomic E-state index is -0.633. The number of aromatic nitrogens is 1. The van der Waals surface area contributed by atoms with Crippen LogP contribution < -0.4 is 10.5 Å². The molecule has 27 heavy (non-hydrogen) atoms.